The van der Waals surface area contributed by atoms with Crippen LogP contribution in [0.25, 0.3) is 0 Å². The van der Waals surface area contributed by atoms with Crippen LogP contribution in [0.2, 0.25) is 0 Å². The molecule has 3 rings (SSSR count). The molecule has 0 fully saturated rings. The maximum Gasteiger partial charge on any atom is 0.231 e. The van der Waals surface area contributed by atoms with Crippen LogP contribution in [0, 0.1) is 0 Å². The van der Waals surface area contributed by atoms with E-state index in [1.165, 1.54) is 5.56 Å². The van der Waals surface area contributed by atoms with Gasteiger partial charge in [0.15, 0.2) is 17.5 Å². The molecule has 1 aromatic heterocycles. The topological polar surface area (TPSA) is 68.2 Å². The SMILES string of the molecule is CN=C(NCCc1ccc2c(c1)OCO2)N(C)Cc1csc(C(C)OC)n1. The molecule has 0 aliphatic carbocycles. The molecule has 0 saturated carbocycles. The molecular formula is C19H26N4O3S. The molecule has 1 N–H and O–H groups in total. The van der Waals surface area contributed by atoms with Crippen molar-refractivity contribution in [3.63, 3.8) is 0 Å². The molecule has 0 spiro atoms. The Morgan fingerprint density at radius 1 is 1.41 bits per heavy atom. The van der Waals surface area contributed by atoms with E-state index >= 15 is 0 Å². The number of nitrogens with zero attached hydrogens (tertiary/aromatic N) is 3. The normalized spacial score (nSPS) is 14.3. The van der Waals surface area contributed by atoms with E-state index in [9.17, 15) is 0 Å². The predicted molar refractivity (Wildman–Crippen MR) is 107 cm³/mol. The molecule has 1 aliphatic rings. The summed E-state index contributed by atoms with van der Waals surface area (Å²) in [6.45, 7) is 3.77. The first-order valence-electron chi connectivity index (χ1n) is 8.88. The lowest BCUT2D eigenvalue weighted by molar-refractivity contribution is 0.119. The Morgan fingerprint density at radius 3 is 3.00 bits per heavy atom. The highest BCUT2D eigenvalue weighted by atomic mass is 32.1. The van der Waals surface area contributed by atoms with Gasteiger partial charge < -0.3 is 24.4 Å². The van der Waals surface area contributed by atoms with Crippen molar-refractivity contribution in [3.8, 4) is 11.5 Å². The number of aromatic nitrogens is 1. The summed E-state index contributed by atoms with van der Waals surface area (Å²) in [4.78, 5) is 11.1. The molecule has 1 aliphatic heterocycles. The quantitative estimate of drug-likeness (QED) is 0.579. The van der Waals surface area contributed by atoms with E-state index in [4.69, 9.17) is 14.2 Å². The van der Waals surface area contributed by atoms with Crippen LogP contribution >= 0.6 is 11.3 Å². The first-order valence-corrected chi connectivity index (χ1v) is 9.76. The molecule has 0 radical (unpaired) electrons. The maximum absolute atomic E-state index is 5.43. The van der Waals surface area contributed by atoms with Crippen LogP contribution in [0.3, 0.4) is 0 Å². The van der Waals surface area contributed by atoms with E-state index in [0.29, 0.717) is 13.3 Å². The van der Waals surface area contributed by atoms with Crippen molar-refractivity contribution >= 4 is 17.3 Å². The van der Waals surface area contributed by atoms with Gasteiger partial charge in [-0.1, -0.05) is 6.07 Å². The third kappa shape index (κ3) is 4.90. The molecule has 8 heteroatoms. The minimum atomic E-state index is 0.0215. The summed E-state index contributed by atoms with van der Waals surface area (Å²) in [5.41, 5.74) is 2.21. The maximum atomic E-state index is 5.43. The van der Waals surface area contributed by atoms with Gasteiger partial charge in [0.25, 0.3) is 0 Å². The highest BCUT2D eigenvalue weighted by Crippen LogP contribution is 2.32. The van der Waals surface area contributed by atoms with Gasteiger partial charge in [-0.25, -0.2) is 4.98 Å². The molecule has 1 aromatic carbocycles. The summed E-state index contributed by atoms with van der Waals surface area (Å²) >= 11 is 1.62. The molecule has 0 saturated heterocycles. The Labute approximate surface area is 164 Å². The zero-order valence-electron chi connectivity index (χ0n) is 16.2. The van der Waals surface area contributed by atoms with Gasteiger partial charge in [0.2, 0.25) is 6.79 Å². The largest absolute Gasteiger partial charge is 0.454 e. The fourth-order valence-corrected chi connectivity index (χ4v) is 3.64. The molecule has 1 unspecified atom stereocenters. The highest BCUT2D eigenvalue weighted by molar-refractivity contribution is 7.09. The molecule has 146 valence electrons. The highest BCUT2D eigenvalue weighted by Gasteiger charge is 2.14. The van der Waals surface area contributed by atoms with E-state index in [1.807, 2.05) is 26.1 Å². The minimum absolute atomic E-state index is 0.0215. The molecule has 0 amide bonds. The first-order chi connectivity index (χ1) is 13.1. The zero-order chi connectivity index (χ0) is 19.2. The van der Waals surface area contributed by atoms with Gasteiger partial charge in [-0.3, -0.25) is 4.99 Å². The molecule has 0 bridgehead atoms. The van der Waals surface area contributed by atoms with Crippen LogP contribution in [0.15, 0.2) is 28.6 Å². The average molecular weight is 391 g/mol. The predicted octanol–water partition coefficient (Wildman–Crippen LogP) is 2.83. The smallest absolute Gasteiger partial charge is 0.231 e. The number of hydrogen-bond acceptors (Lipinski definition) is 6. The van der Waals surface area contributed by atoms with Crippen LogP contribution < -0.4 is 14.8 Å². The van der Waals surface area contributed by atoms with Crippen LogP contribution in [0.1, 0.15) is 29.3 Å². The Morgan fingerprint density at radius 2 is 2.22 bits per heavy atom. The Bertz CT molecular complexity index is 793. The summed E-state index contributed by atoms with van der Waals surface area (Å²) in [5, 5.41) is 6.46. The summed E-state index contributed by atoms with van der Waals surface area (Å²) in [6, 6.07) is 6.05. The lowest BCUT2D eigenvalue weighted by Gasteiger charge is -2.21. The van der Waals surface area contributed by atoms with Crippen molar-refractivity contribution < 1.29 is 14.2 Å². The van der Waals surface area contributed by atoms with Crippen molar-refractivity contribution in [2.75, 3.05) is 34.5 Å². The number of ether oxygens (including phenoxy) is 3. The van der Waals surface area contributed by atoms with Gasteiger partial charge >= 0.3 is 0 Å². The van der Waals surface area contributed by atoms with Gasteiger partial charge in [0, 0.05) is 33.1 Å². The molecular weight excluding hydrogens is 364 g/mol. The lowest BCUT2D eigenvalue weighted by Crippen LogP contribution is -2.39. The zero-order valence-corrected chi connectivity index (χ0v) is 17.0. The Hall–Kier alpha value is -2.32. The number of methoxy groups -OCH3 is 1. The van der Waals surface area contributed by atoms with Gasteiger partial charge in [-0.05, 0) is 31.0 Å². The lowest BCUT2D eigenvalue weighted by atomic mass is 10.1. The Balaban J connectivity index is 1.50. The van der Waals surface area contributed by atoms with Gasteiger partial charge in [0.1, 0.15) is 11.1 Å². The third-order valence-electron chi connectivity index (χ3n) is 4.38. The van der Waals surface area contributed by atoms with Gasteiger partial charge in [-0.15, -0.1) is 11.3 Å². The number of guanidine groups is 1. The molecule has 2 aromatic rings. The second kappa shape index (κ2) is 9.05. The molecule has 27 heavy (non-hydrogen) atoms. The van der Waals surface area contributed by atoms with Crippen molar-refractivity contribution in [3.05, 3.63) is 39.8 Å². The monoisotopic (exact) mass is 390 g/mol. The first kappa shape index (κ1) is 19.4. The number of benzene rings is 1. The van der Waals surface area contributed by atoms with Crippen LogP contribution in [-0.2, 0) is 17.7 Å². The van der Waals surface area contributed by atoms with E-state index < -0.39 is 0 Å². The standard InChI is InChI=1S/C19H26N4O3S/c1-13(24-4)18-22-15(11-27-18)10-23(3)19(20-2)21-8-7-14-5-6-16-17(9-14)26-12-25-16/h5-6,9,11,13H,7-8,10,12H2,1-4H3,(H,20,21). The van der Waals surface area contributed by atoms with E-state index in [1.54, 1.807) is 25.5 Å². The van der Waals surface area contributed by atoms with E-state index in [2.05, 4.69) is 31.6 Å². The number of thiazole rings is 1. The number of aliphatic imine (C=N–C) groups is 1. The molecule has 2 heterocycles. The van der Waals surface area contributed by atoms with E-state index in [0.717, 1.165) is 41.1 Å². The third-order valence-corrected chi connectivity index (χ3v) is 5.43. The van der Waals surface area contributed by atoms with Gasteiger partial charge in [0.05, 0.1) is 12.2 Å². The van der Waals surface area contributed by atoms with Crippen LogP contribution in [-0.4, -0.2) is 50.4 Å². The number of rotatable bonds is 7. The Kier molecular flexibility index (Phi) is 6.52. The van der Waals surface area contributed by atoms with Crippen LogP contribution in [0.5, 0.6) is 11.5 Å². The van der Waals surface area contributed by atoms with Gasteiger partial charge in [-0.2, -0.15) is 0 Å². The average Bonchev–Trinajstić information content (AvgIpc) is 3.33. The second-order valence-electron chi connectivity index (χ2n) is 6.32. The number of nitrogens with one attached hydrogen (secondary N) is 1. The second-order valence-corrected chi connectivity index (χ2v) is 7.21. The van der Waals surface area contributed by atoms with Crippen molar-refractivity contribution in [2.45, 2.75) is 26.0 Å². The fraction of sp³-hybridized carbons (Fsp3) is 0.474. The minimum Gasteiger partial charge on any atom is -0.454 e. The van der Waals surface area contributed by atoms with Crippen molar-refractivity contribution in [1.29, 1.82) is 0 Å². The summed E-state index contributed by atoms with van der Waals surface area (Å²) < 4.78 is 16.1. The van der Waals surface area contributed by atoms with E-state index in [-0.39, 0.29) is 6.10 Å². The number of fused-ring (bicyclic) bond motifs is 1. The summed E-state index contributed by atoms with van der Waals surface area (Å²) in [6.07, 6.45) is 0.892. The van der Waals surface area contributed by atoms with Crippen LogP contribution in [0.4, 0.5) is 0 Å². The van der Waals surface area contributed by atoms with Crippen molar-refractivity contribution in [2.24, 2.45) is 4.99 Å². The fourth-order valence-electron chi connectivity index (χ4n) is 2.80. The van der Waals surface area contributed by atoms with Crippen molar-refractivity contribution in [1.82, 2.24) is 15.2 Å². The molecule has 7 nitrogen and oxygen atoms in total. The summed E-state index contributed by atoms with van der Waals surface area (Å²) in [5.74, 6) is 2.47. The summed E-state index contributed by atoms with van der Waals surface area (Å²) in [7, 11) is 5.50. The number of hydrogen-bond donors (Lipinski definition) is 1. The molecule has 1 atom stereocenters.